The molecule has 1 aliphatic rings. The lowest BCUT2D eigenvalue weighted by molar-refractivity contribution is -0.113. The summed E-state index contributed by atoms with van der Waals surface area (Å²) in [6.45, 7) is 3.53. The number of carbonyl (C=O) groups is 1. The second-order valence-corrected chi connectivity index (χ2v) is 12.2. The number of Topliss-reactive ketones (excluding diaryl/α,β-unsaturated/α-hetero) is 1. The minimum Gasteiger partial charge on any atom is -0.497 e. The van der Waals surface area contributed by atoms with Crippen molar-refractivity contribution in [2.75, 3.05) is 14.2 Å². The first-order valence-electron chi connectivity index (χ1n) is 16.6. The zero-order valence-electron chi connectivity index (χ0n) is 28.5. The van der Waals surface area contributed by atoms with E-state index in [4.69, 9.17) is 14.2 Å². The van der Waals surface area contributed by atoms with Gasteiger partial charge in [0.15, 0.2) is 5.78 Å². The largest absolute Gasteiger partial charge is 0.497 e. The minimum absolute atomic E-state index is 0.111. The Morgan fingerprint density at radius 2 is 1.26 bits per heavy atom. The van der Waals surface area contributed by atoms with Crippen LogP contribution in [0.5, 0.6) is 11.5 Å². The van der Waals surface area contributed by atoms with Gasteiger partial charge in [-0.2, -0.15) is 0 Å². The molecular formula is C46H36O4. The van der Waals surface area contributed by atoms with E-state index in [2.05, 4.69) is 78.6 Å². The van der Waals surface area contributed by atoms with Crippen molar-refractivity contribution in [1.82, 2.24) is 0 Å². The van der Waals surface area contributed by atoms with Gasteiger partial charge in [-0.25, -0.2) is 0 Å². The van der Waals surface area contributed by atoms with E-state index in [0.29, 0.717) is 17.1 Å². The van der Waals surface area contributed by atoms with Gasteiger partial charge in [-0.1, -0.05) is 115 Å². The van der Waals surface area contributed by atoms with Crippen molar-refractivity contribution in [3.05, 3.63) is 178 Å². The van der Waals surface area contributed by atoms with Gasteiger partial charge in [-0.3, -0.25) is 4.79 Å². The molecule has 0 aliphatic carbocycles. The highest BCUT2D eigenvalue weighted by atomic mass is 16.5. The van der Waals surface area contributed by atoms with E-state index in [0.717, 1.165) is 66.4 Å². The molecule has 244 valence electrons. The van der Waals surface area contributed by atoms with E-state index in [1.807, 2.05) is 79.7 Å². The van der Waals surface area contributed by atoms with Crippen LogP contribution in [0.25, 0.3) is 33.2 Å². The average Bonchev–Trinajstić information content (AvgIpc) is 3.16. The Hall–Kier alpha value is -6.31. The summed E-state index contributed by atoms with van der Waals surface area (Å²) in [5.74, 6) is 9.25. The predicted molar refractivity (Wildman–Crippen MR) is 203 cm³/mol. The molecule has 4 heteroatoms. The highest BCUT2D eigenvalue weighted by molar-refractivity contribution is 6.07. The third-order valence-corrected chi connectivity index (χ3v) is 9.16. The molecule has 0 radical (unpaired) electrons. The van der Waals surface area contributed by atoms with Gasteiger partial charge in [0.25, 0.3) is 0 Å². The van der Waals surface area contributed by atoms with E-state index in [1.54, 1.807) is 21.1 Å². The number of hydrogen-bond donors (Lipinski definition) is 0. The lowest BCUT2D eigenvalue weighted by Crippen LogP contribution is -2.19. The summed E-state index contributed by atoms with van der Waals surface area (Å²) in [5.41, 5.74) is 5.92. The standard InChI is InChI=1S/C46H36O4/c1-30(47)43(29-32-19-24-37(48-3)25-20-32)46-45(42-18-10-15-34-12-6-8-17-41(34)42)44(36-21-26-38(49-4)27-22-36)39(31(2)50-46)28-23-35-14-9-13-33-11-5-7-16-40(33)35/h5-22,24-27,29,44H,1-4H3/b43-29-. The quantitative estimate of drug-likeness (QED) is 0.127. The summed E-state index contributed by atoms with van der Waals surface area (Å²) in [6.07, 6.45) is 1.90. The maximum Gasteiger partial charge on any atom is 0.163 e. The van der Waals surface area contributed by atoms with Crippen molar-refractivity contribution < 1.29 is 19.0 Å². The Balaban J connectivity index is 1.52. The number of ketones is 1. The Kier molecular flexibility index (Phi) is 9.06. The van der Waals surface area contributed by atoms with Crippen molar-refractivity contribution in [2.24, 2.45) is 0 Å². The molecule has 1 aliphatic heterocycles. The number of rotatable bonds is 7. The second-order valence-electron chi connectivity index (χ2n) is 12.2. The van der Waals surface area contributed by atoms with Crippen molar-refractivity contribution >= 4 is 39.0 Å². The van der Waals surface area contributed by atoms with Crippen LogP contribution in [0.1, 0.15) is 42.0 Å². The number of ether oxygens (including phenoxy) is 3. The zero-order chi connectivity index (χ0) is 34.6. The molecule has 0 amide bonds. The van der Waals surface area contributed by atoms with Gasteiger partial charge in [0.05, 0.1) is 25.4 Å². The van der Waals surface area contributed by atoms with Crippen molar-refractivity contribution in [3.8, 4) is 23.3 Å². The monoisotopic (exact) mass is 652 g/mol. The van der Waals surface area contributed by atoms with Crippen LogP contribution in [-0.4, -0.2) is 20.0 Å². The van der Waals surface area contributed by atoms with Crippen LogP contribution in [0.15, 0.2) is 156 Å². The number of benzene rings is 6. The van der Waals surface area contributed by atoms with E-state index in [9.17, 15) is 4.79 Å². The maximum absolute atomic E-state index is 13.7. The Labute approximate surface area is 293 Å². The fraction of sp³-hybridized carbons (Fsp3) is 0.109. The second kappa shape index (κ2) is 14.0. The highest BCUT2D eigenvalue weighted by Crippen LogP contribution is 2.49. The molecule has 6 aromatic rings. The SMILES string of the molecule is COc1ccc(/C=C(/C(C)=O)C2=C(c3cccc4ccccc34)C(c3ccc(OC)cc3)C(C#Cc3cccc4ccccc34)=C(C)O2)cc1. The fourth-order valence-corrected chi connectivity index (χ4v) is 6.63. The van der Waals surface area contributed by atoms with Crippen molar-refractivity contribution in [3.63, 3.8) is 0 Å². The Morgan fingerprint density at radius 1 is 0.680 bits per heavy atom. The van der Waals surface area contributed by atoms with Gasteiger partial charge in [0, 0.05) is 17.1 Å². The van der Waals surface area contributed by atoms with Crippen molar-refractivity contribution in [2.45, 2.75) is 19.8 Å². The van der Waals surface area contributed by atoms with Gasteiger partial charge < -0.3 is 14.2 Å². The molecule has 7 rings (SSSR count). The molecule has 6 aromatic carbocycles. The molecule has 1 atom stereocenters. The van der Waals surface area contributed by atoms with Crippen LogP contribution >= 0.6 is 0 Å². The molecule has 1 unspecified atom stereocenters. The third-order valence-electron chi connectivity index (χ3n) is 9.16. The Bertz CT molecular complexity index is 2390. The lowest BCUT2D eigenvalue weighted by Gasteiger charge is -2.32. The summed E-state index contributed by atoms with van der Waals surface area (Å²) in [5, 5.41) is 4.36. The number of allylic oxidation sites excluding steroid dienone is 4. The first-order valence-corrected chi connectivity index (χ1v) is 16.6. The van der Waals surface area contributed by atoms with E-state index >= 15 is 0 Å². The molecule has 0 fully saturated rings. The Morgan fingerprint density at radius 3 is 1.92 bits per heavy atom. The van der Waals surface area contributed by atoms with Gasteiger partial charge in [-0.15, -0.1) is 0 Å². The third kappa shape index (κ3) is 6.30. The average molecular weight is 653 g/mol. The van der Waals surface area contributed by atoms with Crippen LogP contribution < -0.4 is 9.47 Å². The molecule has 0 saturated carbocycles. The lowest BCUT2D eigenvalue weighted by atomic mass is 9.76. The maximum atomic E-state index is 13.7. The van der Waals surface area contributed by atoms with E-state index in [-0.39, 0.29) is 11.7 Å². The molecule has 0 spiro atoms. The molecule has 1 heterocycles. The van der Waals surface area contributed by atoms with Gasteiger partial charge in [0.1, 0.15) is 23.0 Å². The summed E-state index contributed by atoms with van der Waals surface area (Å²) in [7, 11) is 3.30. The fourth-order valence-electron chi connectivity index (χ4n) is 6.63. The van der Waals surface area contributed by atoms with Crippen LogP contribution in [0.4, 0.5) is 0 Å². The molecule has 4 nitrogen and oxygen atoms in total. The minimum atomic E-state index is -0.364. The highest BCUT2D eigenvalue weighted by Gasteiger charge is 2.35. The normalized spacial score (nSPS) is 14.6. The number of hydrogen-bond acceptors (Lipinski definition) is 4. The zero-order valence-corrected chi connectivity index (χ0v) is 28.5. The van der Waals surface area contributed by atoms with Crippen LogP contribution in [0.2, 0.25) is 0 Å². The van der Waals surface area contributed by atoms with Crippen LogP contribution in [-0.2, 0) is 9.53 Å². The van der Waals surface area contributed by atoms with E-state index in [1.165, 1.54) is 0 Å². The summed E-state index contributed by atoms with van der Waals surface area (Å²) < 4.78 is 17.8. The summed E-state index contributed by atoms with van der Waals surface area (Å²) in [6, 6.07) is 44.8. The molecular weight excluding hydrogens is 617 g/mol. The summed E-state index contributed by atoms with van der Waals surface area (Å²) in [4.78, 5) is 13.7. The first-order chi connectivity index (χ1) is 24.4. The molecule has 50 heavy (non-hydrogen) atoms. The van der Waals surface area contributed by atoms with Crippen LogP contribution in [0, 0.1) is 11.8 Å². The molecule has 0 N–H and O–H groups in total. The molecule has 0 bridgehead atoms. The van der Waals surface area contributed by atoms with Gasteiger partial charge >= 0.3 is 0 Å². The topological polar surface area (TPSA) is 44.8 Å². The van der Waals surface area contributed by atoms with E-state index < -0.39 is 0 Å². The summed E-state index contributed by atoms with van der Waals surface area (Å²) >= 11 is 0. The smallest absolute Gasteiger partial charge is 0.163 e. The first kappa shape index (κ1) is 32.2. The van der Waals surface area contributed by atoms with Gasteiger partial charge in [0.2, 0.25) is 0 Å². The van der Waals surface area contributed by atoms with Crippen LogP contribution in [0.3, 0.4) is 0 Å². The van der Waals surface area contributed by atoms with Crippen molar-refractivity contribution in [1.29, 1.82) is 0 Å². The number of carbonyl (C=O) groups excluding carboxylic acids is 1. The number of methoxy groups -OCH3 is 2. The predicted octanol–water partition coefficient (Wildman–Crippen LogP) is 10.5. The van der Waals surface area contributed by atoms with Gasteiger partial charge in [-0.05, 0) is 88.5 Å². The molecule has 0 saturated heterocycles. The number of fused-ring (bicyclic) bond motifs is 2. The molecule has 0 aromatic heterocycles.